The second-order valence-corrected chi connectivity index (χ2v) is 4.04. The van der Waals surface area contributed by atoms with Crippen LogP contribution in [0.2, 0.25) is 0 Å². The molecule has 0 saturated heterocycles. The van der Waals surface area contributed by atoms with E-state index in [0.29, 0.717) is 0 Å². The van der Waals surface area contributed by atoms with Crippen molar-refractivity contribution >= 4 is 6.21 Å². The first-order valence-corrected chi connectivity index (χ1v) is 4.87. The zero-order valence-corrected chi connectivity index (χ0v) is 9.46. The highest BCUT2D eigenvalue weighted by Gasteiger charge is 2.13. The fourth-order valence-electron chi connectivity index (χ4n) is 1.05. The molecular weight excluding hydrogens is 158 g/mol. The number of aliphatic imine (C=N–C) groups is 1. The van der Waals surface area contributed by atoms with Gasteiger partial charge in [0.25, 0.3) is 0 Å². The van der Waals surface area contributed by atoms with E-state index in [-0.39, 0.29) is 5.41 Å². The van der Waals surface area contributed by atoms with Gasteiger partial charge in [-0.05, 0) is 30.4 Å². The summed E-state index contributed by atoms with van der Waals surface area (Å²) in [5, 5.41) is 0. The Hall–Kier alpha value is -0.850. The number of allylic oxidation sites excluding steroid dienone is 3. The van der Waals surface area contributed by atoms with Crippen molar-refractivity contribution in [3.05, 3.63) is 23.9 Å². The third kappa shape index (κ3) is 5.40. The van der Waals surface area contributed by atoms with Crippen molar-refractivity contribution in [3.63, 3.8) is 0 Å². The highest BCUT2D eigenvalue weighted by Crippen LogP contribution is 2.26. The standard InChI is InChI=1S/C12H21N/c1-6-8-11(12(3,4)5)9-10-13-7-2/h7-10H,6H2,1-5H3/b10-9-,11-8-,13-7?. The number of hydrogen-bond donors (Lipinski definition) is 0. The first-order chi connectivity index (χ1) is 6.02. The molecule has 0 saturated carbocycles. The maximum absolute atomic E-state index is 4.06. The minimum atomic E-state index is 0.218. The summed E-state index contributed by atoms with van der Waals surface area (Å²) in [5.74, 6) is 0. The predicted molar refractivity (Wildman–Crippen MR) is 61.1 cm³/mol. The fraction of sp³-hybridized carbons (Fsp3) is 0.583. The van der Waals surface area contributed by atoms with Crippen LogP contribution in [0.5, 0.6) is 0 Å². The minimum absolute atomic E-state index is 0.218. The molecule has 0 spiro atoms. The van der Waals surface area contributed by atoms with E-state index in [1.54, 1.807) is 6.21 Å². The van der Waals surface area contributed by atoms with Crippen LogP contribution in [-0.4, -0.2) is 6.21 Å². The highest BCUT2D eigenvalue weighted by atomic mass is 14.6. The van der Waals surface area contributed by atoms with E-state index in [2.05, 4.69) is 44.8 Å². The fourth-order valence-corrected chi connectivity index (χ4v) is 1.05. The Balaban J connectivity index is 4.55. The Morgan fingerprint density at radius 3 is 2.31 bits per heavy atom. The lowest BCUT2D eigenvalue weighted by molar-refractivity contribution is 0.515. The molecule has 13 heavy (non-hydrogen) atoms. The molecule has 0 amide bonds. The van der Waals surface area contributed by atoms with Crippen LogP contribution in [0.4, 0.5) is 0 Å². The van der Waals surface area contributed by atoms with Gasteiger partial charge in [0.15, 0.2) is 0 Å². The summed E-state index contributed by atoms with van der Waals surface area (Å²) < 4.78 is 0. The highest BCUT2D eigenvalue weighted by molar-refractivity contribution is 5.54. The third-order valence-corrected chi connectivity index (χ3v) is 1.78. The van der Waals surface area contributed by atoms with Gasteiger partial charge in [0.05, 0.1) is 0 Å². The average molecular weight is 179 g/mol. The van der Waals surface area contributed by atoms with Gasteiger partial charge in [-0.25, -0.2) is 0 Å². The van der Waals surface area contributed by atoms with Crippen LogP contribution in [0, 0.1) is 5.41 Å². The summed E-state index contributed by atoms with van der Waals surface area (Å²) in [4.78, 5) is 4.06. The molecule has 0 aromatic heterocycles. The SMILES string of the molecule is CC=N/C=C\C(=C\CC)C(C)(C)C. The molecule has 0 aliphatic rings. The smallest absolute Gasteiger partial charge is 0.0266 e. The molecule has 0 aromatic carbocycles. The second-order valence-electron chi connectivity index (χ2n) is 4.04. The monoisotopic (exact) mass is 179 g/mol. The second kappa shape index (κ2) is 5.74. The number of rotatable bonds is 3. The largest absolute Gasteiger partial charge is 0.269 e. The Morgan fingerprint density at radius 1 is 1.31 bits per heavy atom. The van der Waals surface area contributed by atoms with E-state index in [1.165, 1.54) is 5.57 Å². The molecule has 0 heterocycles. The van der Waals surface area contributed by atoms with Crippen LogP contribution < -0.4 is 0 Å². The minimum Gasteiger partial charge on any atom is -0.269 e. The molecule has 0 aliphatic carbocycles. The van der Waals surface area contributed by atoms with Gasteiger partial charge in [-0.1, -0.05) is 33.8 Å². The zero-order chi connectivity index (χ0) is 10.3. The van der Waals surface area contributed by atoms with Gasteiger partial charge in [0.1, 0.15) is 0 Å². The normalized spacial score (nSPS) is 14.7. The summed E-state index contributed by atoms with van der Waals surface area (Å²) >= 11 is 0. The summed E-state index contributed by atoms with van der Waals surface area (Å²) in [6.07, 6.45) is 9.06. The molecule has 0 atom stereocenters. The summed E-state index contributed by atoms with van der Waals surface area (Å²) in [7, 11) is 0. The van der Waals surface area contributed by atoms with Crippen molar-refractivity contribution in [2.75, 3.05) is 0 Å². The Bertz CT molecular complexity index is 214. The quantitative estimate of drug-likeness (QED) is 0.459. The van der Waals surface area contributed by atoms with Crippen molar-refractivity contribution in [2.45, 2.75) is 41.0 Å². The Kier molecular flexibility index (Phi) is 5.36. The molecule has 0 aromatic rings. The third-order valence-electron chi connectivity index (χ3n) is 1.78. The zero-order valence-electron chi connectivity index (χ0n) is 9.46. The lowest BCUT2D eigenvalue weighted by Crippen LogP contribution is -2.07. The molecule has 1 nitrogen and oxygen atoms in total. The van der Waals surface area contributed by atoms with Gasteiger partial charge in [0, 0.05) is 12.4 Å². The predicted octanol–water partition coefficient (Wildman–Crippen LogP) is 3.97. The molecule has 1 heteroatoms. The van der Waals surface area contributed by atoms with Crippen LogP contribution in [0.3, 0.4) is 0 Å². The van der Waals surface area contributed by atoms with Crippen LogP contribution in [0.15, 0.2) is 28.9 Å². The molecule has 74 valence electrons. The molecular formula is C12H21N. The van der Waals surface area contributed by atoms with E-state index in [4.69, 9.17) is 0 Å². The van der Waals surface area contributed by atoms with Crippen LogP contribution in [-0.2, 0) is 0 Å². The molecule has 0 aliphatic heterocycles. The first kappa shape index (κ1) is 12.2. The van der Waals surface area contributed by atoms with Gasteiger partial charge in [-0.3, -0.25) is 4.99 Å². The van der Waals surface area contributed by atoms with Crippen molar-refractivity contribution in [2.24, 2.45) is 10.4 Å². The van der Waals surface area contributed by atoms with Gasteiger partial charge in [-0.15, -0.1) is 0 Å². The first-order valence-electron chi connectivity index (χ1n) is 4.87. The summed E-state index contributed by atoms with van der Waals surface area (Å²) in [5.41, 5.74) is 1.57. The molecule has 0 N–H and O–H groups in total. The molecule has 0 rings (SSSR count). The topological polar surface area (TPSA) is 12.4 Å². The van der Waals surface area contributed by atoms with Gasteiger partial charge in [0.2, 0.25) is 0 Å². The Morgan fingerprint density at radius 2 is 1.92 bits per heavy atom. The van der Waals surface area contributed by atoms with Crippen molar-refractivity contribution in [1.29, 1.82) is 0 Å². The van der Waals surface area contributed by atoms with E-state index >= 15 is 0 Å². The number of hydrogen-bond acceptors (Lipinski definition) is 1. The van der Waals surface area contributed by atoms with Gasteiger partial charge < -0.3 is 0 Å². The molecule has 0 radical (unpaired) electrons. The van der Waals surface area contributed by atoms with Crippen molar-refractivity contribution in [1.82, 2.24) is 0 Å². The van der Waals surface area contributed by atoms with E-state index < -0.39 is 0 Å². The maximum Gasteiger partial charge on any atom is 0.0266 e. The number of nitrogens with zero attached hydrogens (tertiary/aromatic N) is 1. The van der Waals surface area contributed by atoms with Crippen LogP contribution in [0.1, 0.15) is 41.0 Å². The summed E-state index contributed by atoms with van der Waals surface area (Å²) in [6, 6.07) is 0. The van der Waals surface area contributed by atoms with Crippen LogP contribution in [0.25, 0.3) is 0 Å². The van der Waals surface area contributed by atoms with Gasteiger partial charge in [-0.2, -0.15) is 0 Å². The summed E-state index contributed by atoms with van der Waals surface area (Å²) in [6.45, 7) is 10.7. The Labute approximate surface area is 82.3 Å². The maximum atomic E-state index is 4.06. The van der Waals surface area contributed by atoms with Crippen molar-refractivity contribution < 1.29 is 0 Å². The van der Waals surface area contributed by atoms with Crippen molar-refractivity contribution in [3.8, 4) is 0 Å². The average Bonchev–Trinajstić information content (AvgIpc) is 2.01. The van der Waals surface area contributed by atoms with E-state index in [9.17, 15) is 0 Å². The molecule has 0 fully saturated rings. The molecule has 0 unspecified atom stereocenters. The van der Waals surface area contributed by atoms with E-state index in [0.717, 1.165) is 6.42 Å². The van der Waals surface area contributed by atoms with E-state index in [1.807, 2.05) is 13.1 Å². The van der Waals surface area contributed by atoms with Crippen LogP contribution >= 0.6 is 0 Å². The lowest BCUT2D eigenvalue weighted by atomic mass is 9.86. The lowest BCUT2D eigenvalue weighted by Gasteiger charge is -2.19. The molecule has 0 bridgehead atoms. The van der Waals surface area contributed by atoms with Gasteiger partial charge >= 0.3 is 0 Å².